The Balaban J connectivity index is 1.09. The predicted octanol–water partition coefficient (Wildman–Crippen LogP) is 6.19. The summed E-state index contributed by atoms with van der Waals surface area (Å²) in [6.07, 6.45) is 3.16. The SMILES string of the molecule is COC(=O)N[C@H](C(=O)N1C[Si](C)(C)C[C@H]1c1ncc(-c2ccc(-c3ccc4c(ccc5[nH]c([C@@H]6CC(F)(F)CN6C[C@@H](NC(=O)CO)C(C)C)nc54)c3)nc2)[nH]1)C(C)C. The van der Waals surface area contributed by atoms with E-state index >= 15 is 0 Å². The van der Waals surface area contributed by atoms with Crippen LogP contribution in [-0.2, 0) is 14.3 Å². The van der Waals surface area contributed by atoms with E-state index in [0.717, 1.165) is 44.8 Å². The first kappa shape index (κ1) is 41.9. The van der Waals surface area contributed by atoms with E-state index in [1.165, 1.54) is 7.11 Å². The largest absolute Gasteiger partial charge is 0.453 e. The molecule has 314 valence electrons. The standard InChI is InChI=1S/C42H53F2N9O5Si/c1-23(2)32(47-35(55)19-54)18-52-21-42(43,44)15-33(52)39-48-30-13-9-25-14-26(8-11-28(25)37(30)50-39)29-12-10-27(16-45-29)31-17-46-38(49-31)34-20-59(6,7)22-53(34)40(56)36(24(3)4)51-41(57)58-5/h8-14,16-17,23-24,32-34,36,54H,15,18-22H2,1-7H3,(H,46,49)(H,47,55)(H,48,50)(H,51,57)/t32-,33+,34+,36+/m1/s1. The molecule has 5 heterocycles. The minimum atomic E-state index is -2.93. The number of benzene rings is 2. The maximum atomic E-state index is 14.9. The molecule has 59 heavy (non-hydrogen) atoms. The maximum Gasteiger partial charge on any atom is 0.407 e. The molecule has 2 aromatic carbocycles. The van der Waals surface area contributed by atoms with E-state index in [9.17, 15) is 28.3 Å². The average Bonchev–Trinajstić information content (AvgIpc) is 3.99. The summed E-state index contributed by atoms with van der Waals surface area (Å²) in [7, 11) is -0.500. The summed E-state index contributed by atoms with van der Waals surface area (Å²) in [5, 5.41) is 16.5. The van der Waals surface area contributed by atoms with Crippen LogP contribution in [-0.4, -0.2) is 117 Å². The number of aliphatic hydroxyl groups excluding tert-OH is 1. The summed E-state index contributed by atoms with van der Waals surface area (Å²) in [5.74, 6) is -2.66. The van der Waals surface area contributed by atoms with Gasteiger partial charge in [0, 0.05) is 47.9 Å². The van der Waals surface area contributed by atoms with E-state index in [2.05, 4.69) is 33.7 Å². The Labute approximate surface area is 342 Å². The second-order valence-corrected chi connectivity index (χ2v) is 22.5. The quantitative estimate of drug-likeness (QED) is 0.0916. The molecule has 2 fully saturated rings. The number of nitrogens with one attached hydrogen (secondary N) is 4. The number of imidazole rings is 2. The van der Waals surface area contributed by atoms with Gasteiger partial charge in [-0.2, -0.15) is 0 Å². The number of aliphatic hydroxyl groups is 1. The van der Waals surface area contributed by atoms with Gasteiger partial charge in [0.15, 0.2) is 0 Å². The number of carbonyl (C=O) groups excluding carboxylic acids is 3. The van der Waals surface area contributed by atoms with Gasteiger partial charge in [0.05, 0.1) is 62.4 Å². The van der Waals surface area contributed by atoms with Crippen LogP contribution in [0.2, 0.25) is 19.1 Å². The van der Waals surface area contributed by atoms with Gasteiger partial charge in [-0.15, -0.1) is 0 Å². The Kier molecular flexibility index (Phi) is 11.7. The highest BCUT2D eigenvalue weighted by Gasteiger charge is 2.48. The number of methoxy groups -OCH3 is 1. The number of nitrogens with zero attached hydrogens (tertiary/aromatic N) is 5. The highest BCUT2D eigenvalue weighted by atomic mass is 28.3. The number of pyridine rings is 1. The molecule has 3 aromatic heterocycles. The zero-order chi connectivity index (χ0) is 42.4. The average molecular weight is 830 g/mol. The number of aromatic nitrogens is 5. The number of ether oxygens (including phenoxy) is 1. The molecule has 0 unspecified atom stereocenters. The highest BCUT2D eigenvalue weighted by Crippen LogP contribution is 2.42. The van der Waals surface area contributed by atoms with Gasteiger partial charge in [0.1, 0.15) is 24.3 Å². The number of hydrogen-bond donors (Lipinski definition) is 5. The van der Waals surface area contributed by atoms with Crippen LogP contribution in [0.5, 0.6) is 0 Å². The molecule has 0 aliphatic carbocycles. The van der Waals surface area contributed by atoms with Gasteiger partial charge in [0.25, 0.3) is 5.92 Å². The molecule has 0 saturated carbocycles. The highest BCUT2D eigenvalue weighted by molar-refractivity contribution is 6.78. The van der Waals surface area contributed by atoms with Gasteiger partial charge in [-0.05, 0) is 47.5 Å². The van der Waals surface area contributed by atoms with Crippen molar-refractivity contribution in [3.63, 3.8) is 0 Å². The minimum absolute atomic E-state index is 0.0400. The third kappa shape index (κ3) is 8.87. The first-order valence-electron chi connectivity index (χ1n) is 20.1. The number of rotatable bonds is 12. The van der Waals surface area contributed by atoms with Crippen LogP contribution in [0.3, 0.4) is 0 Å². The van der Waals surface area contributed by atoms with E-state index in [1.807, 2.05) is 75.1 Å². The number of H-pyrrole nitrogens is 2. The molecule has 2 saturated heterocycles. The molecule has 17 heteroatoms. The lowest BCUT2D eigenvalue weighted by Crippen LogP contribution is -2.52. The zero-order valence-electron chi connectivity index (χ0n) is 34.5. The van der Waals surface area contributed by atoms with E-state index in [4.69, 9.17) is 19.7 Å². The van der Waals surface area contributed by atoms with Crippen molar-refractivity contribution in [2.45, 2.75) is 83.3 Å². The molecule has 0 bridgehead atoms. The molecular weight excluding hydrogens is 777 g/mol. The molecule has 5 aromatic rings. The number of alkyl halides is 2. The minimum Gasteiger partial charge on any atom is -0.453 e. The third-order valence-corrected chi connectivity index (χ3v) is 14.3. The van der Waals surface area contributed by atoms with Crippen molar-refractivity contribution in [3.05, 3.63) is 66.5 Å². The number of halogens is 2. The van der Waals surface area contributed by atoms with Crippen molar-refractivity contribution in [2.24, 2.45) is 11.8 Å². The molecule has 4 atom stereocenters. The van der Waals surface area contributed by atoms with Crippen LogP contribution in [0.4, 0.5) is 13.6 Å². The lowest BCUT2D eigenvalue weighted by Gasteiger charge is -2.30. The number of aromatic amines is 2. The molecule has 0 radical (unpaired) electrons. The summed E-state index contributed by atoms with van der Waals surface area (Å²) in [6, 6.07) is 12.5. The van der Waals surface area contributed by atoms with Crippen LogP contribution in [0, 0.1) is 11.8 Å². The van der Waals surface area contributed by atoms with Crippen LogP contribution in [0.15, 0.2) is 54.9 Å². The number of fused-ring (bicyclic) bond motifs is 3. The van der Waals surface area contributed by atoms with Crippen molar-refractivity contribution in [2.75, 3.05) is 33.0 Å². The van der Waals surface area contributed by atoms with Crippen molar-refractivity contribution in [3.8, 4) is 22.5 Å². The number of hydrogen-bond acceptors (Lipinski definition) is 9. The van der Waals surface area contributed by atoms with Crippen molar-refractivity contribution in [1.29, 1.82) is 0 Å². The predicted molar refractivity (Wildman–Crippen MR) is 223 cm³/mol. The molecule has 3 amide bonds. The molecule has 0 spiro atoms. The Morgan fingerprint density at radius 3 is 2.41 bits per heavy atom. The van der Waals surface area contributed by atoms with Gasteiger partial charge in [-0.3, -0.25) is 19.5 Å². The molecule has 2 aliphatic heterocycles. The van der Waals surface area contributed by atoms with Crippen molar-refractivity contribution < 1.29 is 33.0 Å². The molecule has 7 rings (SSSR count). The van der Waals surface area contributed by atoms with Crippen molar-refractivity contribution >= 4 is 47.8 Å². The topological polar surface area (TPSA) is 181 Å². The van der Waals surface area contributed by atoms with Crippen molar-refractivity contribution in [1.82, 2.24) is 45.4 Å². The monoisotopic (exact) mass is 829 g/mol. The summed E-state index contributed by atoms with van der Waals surface area (Å²) in [4.78, 5) is 62.6. The Hall–Kier alpha value is -5.26. The first-order chi connectivity index (χ1) is 28.0. The van der Waals surface area contributed by atoms with Gasteiger partial charge in [0.2, 0.25) is 11.8 Å². The third-order valence-electron chi connectivity index (χ3n) is 11.6. The van der Waals surface area contributed by atoms with Gasteiger partial charge in [-0.1, -0.05) is 59.0 Å². The molecular formula is C42H53F2N9O5Si. The second kappa shape index (κ2) is 16.4. The fourth-order valence-corrected chi connectivity index (χ4v) is 11.3. The lowest BCUT2D eigenvalue weighted by atomic mass is 10.0. The number of carbonyl (C=O) groups is 3. The van der Waals surface area contributed by atoms with Gasteiger partial charge in [-0.25, -0.2) is 23.5 Å². The maximum absolute atomic E-state index is 14.9. The smallest absolute Gasteiger partial charge is 0.407 e. The second-order valence-electron chi connectivity index (χ2n) is 17.4. The van der Waals surface area contributed by atoms with E-state index in [0.29, 0.717) is 23.3 Å². The number of likely N-dealkylation sites (tertiary alicyclic amines) is 1. The Morgan fingerprint density at radius 1 is 0.966 bits per heavy atom. The Bertz CT molecular complexity index is 2350. The van der Waals surface area contributed by atoms with E-state index in [-0.39, 0.29) is 30.3 Å². The summed E-state index contributed by atoms with van der Waals surface area (Å²) in [5.41, 5.74) is 4.67. The Morgan fingerprint density at radius 2 is 1.73 bits per heavy atom. The number of amides is 3. The molecule has 14 nitrogen and oxygen atoms in total. The molecule has 2 aliphatic rings. The fourth-order valence-electron chi connectivity index (χ4n) is 8.41. The number of alkyl carbamates (subject to hydrolysis) is 1. The summed E-state index contributed by atoms with van der Waals surface area (Å²) in [6.45, 7) is 11.2. The van der Waals surface area contributed by atoms with Crippen LogP contribution in [0.1, 0.15) is 57.8 Å². The molecule has 5 N–H and O–H groups in total. The fraction of sp³-hybridized carbons (Fsp3) is 0.476. The van der Waals surface area contributed by atoms with Gasteiger partial charge >= 0.3 is 6.09 Å². The summed E-state index contributed by atoms with van der Waals surface area (Å²) < 4.78 is 34.6. The van der Waals surface area contributed by atoms with Crippen LogP contribution < -0.4 is 10.6 Å². The van der Waals surface area contributed by atoms with Crippen LogP contribution >= 0.6 is 0 Å². The lowest BCUT2D eigenvalue weighted by molar-refractivity contribution is -0.135. The first-order valence-corrected chi connectivity index (χ1v) is 23.5. The van der Waals surface area contributed by atoms with E-state index in [1.54, 1.807) is 17.3 Å². The zero-order valence-corrected chi connectivity index (χ0v) is 35.5. The van der Waals surface area contributed by atoms with Crippen LogP contribution in [0.25, 0.3) is 44.3 Å². The van der Waals surface area contributed by atoms with E-state index < -0.39 is 63.7 Å². The summed E-state index contributed by atoms with van der Waals surface area (Å²) >= 11 is 0. The van der Waals surface area contributed by atoms with Gasteiger partial charge < -0.3 is 35.3 Å². The normalized spacial score (nSPS) is 20.1.